The first-order valence-electron chi connectivity index (χ1n) is 5.80. The molecule has 1 aromatic rings. The zero-order valence-electron chi connectivity index (χ0n) is 10.4. The van der Waals surface area contributed by atoms with Crippen molar-refractivity contribution in [2.24, 2.45) is 0 Å². The minimum absolute atomic E-state index is 0.00660. The summed E-state index contributed by atoms with van der Waals surface area (Å²) in [6, 6.07) is 1.32. The van der Waals surface area contributed by atoms with E-state index in [0.29, 0.717) is 12.1 Å². The maximum atomic E-state index is 13.0. The largest absolute Gasteiger partial charge is 0.398 e. The number of amides is 1. The number of rotatable bonds is 5. The third-order valence-electron chi connectivity index (χ3n) is 2.51. The van der Waals surface area contributed by atoms with E-state index in [1.807, 2.05) is 0 Å². The molecule has 0 radical (unpaired) electrons. The van der Waals surface area contributed by atoms with Gasteiger partial charge in [-0.1, -0.05) is 0 Å². The van der Waals surface area contributed by atoms with Gasteiger partial charge in [0.05, 0.1) is 5.56 Å². The van der Waals surface area contributed by atoms with Crippen molar-refractivity contribution < 1.29 is 26.7 Å². The van der Waals surface area contributed by atoms with Crippen molar-refractivity contribution in [3.8, 4) is 0 Å². The molecule has 0 aliphatic heterocycles. The fraction of sp³-hybridized carbons (Fsp3) is 0.417. The summed E-state index contributed by atoms with van der Waals surface area (Å²) in [7, 11) is 0. The Morgan fingerprint density at radius 2 is 1.75 bits per heavy atom. The number of carbonyl (C=O) groups excluding carboxylic acids is 1. The second-order valence-corrected chi connectivity index (χ2v) is 4.18. The average Bonchev–Trinajstić information content (AvgIpc) is 2.31. The highest BCUT2D eigenvalue weighted by molar-refractivity contribution is 5.99. The van der Waals surface area contributed by atoms with Gasteiger partial charge in [0.2, 0.25) is 0 Å². The lowest BCUT2D eigenvalue weighted by Gasteiger charge is -2.09. The molecule has 0 saturated carbocycles. The Morgan fingerprint density at radius 3 is 2.35 bits per heavy atom. The first-order chi connectivity index (χ1) is 9.20. The number of halogens is 5. The quantitative estimate of drug-likeness (QED) is 0.498. The smallest absolute Gasteiger partial charge is 0.389 e. The molecule has 0 spiro atoms. The van der Waals surface area contributed by atoms with Crippen molar-refractivity contribution in [3.05, 3.63) is 29.3 Å². The highest BCUT2D eigenvalue weighted by Crippen LogP contribution is 2.22. The number of benzene rings is 1. The zero-order valence-corrected chi connectivity index (χ0v) is 10.4. The number of nitrogen functional groups attached to an aromatic ring is 1. The molecule has 0 aliphatic rings. The molecule has 20 heavy (non-hydrogen) atoms. The Bertz CT molecular complexity index is 487. The van der Waals surface area contributed by atoms with Crippen LogP contribution in [0.1, 0.15) is 29.6 Å². The number of nitrogens with one attached hydrogen (secondary N) is 1. The molecule has 0 aromatic heterocycles. The van der Waals surface area contributed by atoms with Crippen LogP contribution < -0.4 is 11.1 Å². The van der Waals surface area contributed by atoms with Crippen LogP contribution in [0.2, 0.25) is 0 Å². The lowest BCUT2D eigenvalue weighted by Crippen LogP contribution is -2.26. The summed E-state index contributed by atoms with van der Waals surface area (Å²) in [6.07, 6.45) is -5.17. The van der Waals surface area contributed by atoms with Crippen LogP contribution in [0.3, 0.4) is 0 Å². The molecule has 0 fully saturated rings. The van der Waals surface area contributed by atoms with Gasteiger partial charge >= 0.3 is 6.18 Å². The van der Waals surface area contributed by atoms with Crippen LogP contribution in [0.5, 0.6) is 0 Å². The molecule has 1 rings (SSSR count). The minimum atomic E-state index is -4.23. The van der Waals surface area contributed by atoms with Crippen LogP contribution >= 0.6 is 0 Å². The molecular weight excluding hydrogens is 283 g/mol. The van der Waals surface area contributed by atoms with Crippen molar-refractivity contribution in [3.63, 3.8) is 0 Å². The first kappa shape index (κ1) is 16.2. The Morgan fingerprint density at radius 1 is 1.15 bits per heavy atom. The Kier molecular flexibility index (Phi) is 5.29. The van der Waals surface area contributed by atoms with E-state index < -0.39 is 30.1 Å². The van der Waals surface area contributed by atoms with Gasteiger partial charge in [-0.05, 0) is 18.9 Å². The number of nitrogens with two attached hydrogens (primary N) is 1. The van der Waals surface area contributed by atoms with Gasteiger partial charge in [0.25, 0.3) is 5.91 Å². The number of hydrogen-bond donors (Lipinski definition) is 2. The number of alkyl halides is 3. The van der Waals surface area contributed by atoms with Crippen molar-refractivity contribution >= 4 is 11.6 Å². The molecule has 0 unspecified atom stereocenters. The van der Waals surface area contributed by atoms with E-state index >= 15 is 0 Å². The highest BCUT2D eigenvalue weighted by atomic mass is 19.4. The molecule has 1 aromatic carbocycles. The van der Waals surface area contributed by atoms with Gasteiger partial charge in [-0.3, -0.25) is 4.79 Å². The normalized spacial score (nSPS) is 11.4. The van der Waals surface area contributed by atoms with Crippen LogP contribution in [0.15, 0.2) is 12.1 Å². The van der Waals surface area contributed by atoms with Gasteiger partial charge in [-0.15, -0.1) is 0 Å². The van der Waals surface area contributed by atoms with Crippen molar-refractivity contribution in [2.75, 3.05) is 12.3 Å². The molecule has 1 amide bonds. The lowest BCUT2D eigenvalue weighted by molar-refractivity contribution is -0.135. The average molecular weight is 296 g/mol. The second-order valence-electron chi connectivity index (χ2n) is 4.18. The van der Waals surface area contributed by atoms with E-state index in [9.17, 15) is 26.7 Å². The van der Waals surface area contributed by atoms with E-state index in [0.717, 1.165) is 0 Å². The summed E-state index contributed by atoms with van der Waals surface area (Å²) >= 11 is 0. The van der Waals surface area contributed by atoms with Crippen LogP contribution in [0.25, 0.3) is 0 Å². The third kappa shape index (κ3) is 5.02. The number of unbranched alkanes of at least 4 members (excludes halogenated alkanes) is 1. The minimum Gasteiger partial charge on any atom is -0.398 e. The molecule has 0 heterocycles. The van der Waals surface area contributed by atoms with Crippen molar-refractivity contribution in [2.45, 2.75) is 25.4 Å². The third-order valence-corrected chi connectivity index (χ3v) is 2.51. The standard InChI is InChI=1S/C12H13F5N2O/c13-8-5-7(10(18)6-9(8)14)11(20)19-4-2-1-3-12(15,16)17/h5-6H,1-4,18H2,(H,19,20). The molecule has 0 aliphatic carbocycles. The van der Waals surface area contributed by atoms with Gasteiger partial charge in [0, 0.05) is 24.7 Å². The predicted molar refractivity (Wildman–Crippen MR) is 63.0 cm³/mol. The zero-order chi connectivity index (χ0) is 15.3. The lowest BCUT2D eigenvalue weighted by atomic mass is 10.1. The van der Waals surface area contributed by atoms with E-state index in [4.69, 9.17) is 5.73 Å². The summed E-state index contributed by atoms with van der Waals surface area (Å²) < 4.78 is 61.3. The van der Waals surface area contributed by atoms with Gasteiger partial charge in [-0.25, -0.2) is 8.78 Å². The highest BCUT2D eigenvalue weighted by Gasteiger charge is 2.25. The van der Waals surface area contributed by atoms with E-state index in [2.05, 4.69) is 5.32 Å². The van der Waals surface area contributed by atoms with E-state index in [1.54, 1.807) is 0 Å². The van der Waals surface area contributed by atoms with Gasteiger partial charge in [0.1, 0.15) is 0 Å². The Balaban J connectivity index is 2.46. The van der Waals surface area contributed by atoms with Crippen molar-refractivity contribution in [1.29, 1.82) is 0 Å². The fourth-order valence-electron chi connectivity index (χ4n) is 1.51. The van der Waals surface area contributed by atoms with Gasteiger partial charge in [0.15, 0.2) is 11.6 Å². The van der Waals surface area contributed by atoms with Gasteiger partial charge < -0.3 is 11.1 Å². The SMILES string of the molecule is Nc1cc(F)c(F)cc1C(=O)NCCCCC(F)(F)F. The van der Waals surface area contributed by atoms with E-state index in [1.165, 1.54) is 0 Å². The Labute approximate surface area is 112 Å². The van der Waals surface area contributed by atoms with Crippen molar-refractivity contribution in [1.82, 2.24) is 5.32 Å². The molecule has 0 saturated heterocycles. The molecular formula is C12H13F5N2O. The molecule has 3 nitrogen and oxygen atoms in total. The molecule has 0 atom stereocenters. The molecule has 112 valence electrons. The molecule has 0 bridgehead atoms. The number of anilines is 1. The topological polar surface area (TPSA) is 55.1 Å². The summed E-state index contributed by atoms with van der Waals surface area (Å²) in [4.78, 5) is 11.6. The van der Waals surface area contributed by atoms with E-state index in [-0.39, 0.29) is 30.6 Å². The molecule has 8 heteroatoms. The maximum absolute atomic E-state index is 13.0. The Hall–Kier alpha value is -1.86. The summed E-state index contributed by atoms with van der Waals surface area (Å²) in [5.41, 5.74) is 4.87. The second kappa shape index (κ2) is 6.53. The summed E-state index contributed by atoms with van der Waals surface area (Å²) in [6.45, 7) is -0.00660. The van der Waals surface area contributed by atoms with Gasteiger partial charge in [-0.2, -0.15) is 13.2 Å². The monoisotopic (exact) mass is 296 g/mol. The molecule has 3 N–H and O–H groups in total. The summed E-state index contributed by atoms with van der Waals surface area (Å²) in [5.74, 6) is -3.15. The van der Waals surface area contributed by atoms with Crippen LogP contribution in [-0.2, 0) is 0 Å². The predicted octanol–water partition coefficient (Wildman–Crippen LogP) is 3.01. The number of carbonyl (C=O) groups is 1. The maximum Gasteiger partial charge on any atom is 0.389 e. The summed E-state index contributed by atoms with van der Waals surface area (Å²) in [5, 5.41) is 2.30. The number of hydrogen-bond acceptors (Lipinski definition) is 2. The van der Waals surface area contributed by atoms with Crippen LogP contribution in [0.4, 0.5) is 27.6 Å². The first-order valence-corrected chi connectivity index (χ1v) is 5.80. The van der Waals surface area contributed by atoms with Crippen LogP contribution in [-0.4, -0.2) is 18.6 Å². The fourth-order valence-corrected chi connectivity index (χ4v) is 1.51. The van der Waals surface area contributed by atoms with Crippen LogP contribution in [0, 0.1) is 11.6 Å².